The molecule has 82 valence electrons. The summed E-state index contributed by atoms with van der Waals surface area (Å²) in [6.07, 6.45) is 2.72. The monoisotopic (exact) mass is 205 g/mol. The van der Waals surface area contributed by atoms with E-state index in [0.29, 0.717) is 6.54 Å². The number of nitrogens with two attached hydrogens (primary N) is 1. The molecule has 2 heteroatoms. The molecule has 1 aromatic carbocycles. The summed E-state index contributed by atoms with van der Waals surface area (Å²) in [6.45, 7) is 3.55. The average Bonchev–Trinajstić information content (AvgIpc) is 3.05. The maximum atomic E-state index is 5.86. The summed E-state index contributed by atoms with van der Waals surface area (Å²) in [4.78, 5) is 0. The van der Waals surface area contributed by atoms with Crippen molar-refractivity contribution in [1.82, 2.24) is 0 Å². The SMILES string of the molecule is Cc1ccccc1C(CN)OCC1CC1. The summed E-state index contributed by atoms with van der Waals surface area (Å²) in [5.41, 5.74) is 8.26. The van der Waals surface area contributed by atoms with E-state index in [4.69, 9.17) is 10.5 Å². The molecule has 1 saturated carbocycles. The van der Waals surface area contributed by atoms with Crippen LogP contribution in [0.15, 0.2) is 24.3 Å². The van der Waals surface area contributed by atoms with Gasteiger partial charge in [0, 0.05) is 6.54 Å². The van der Waals surface area contributed by atoms with Gasteiger partial charge in [0.1, 0.15) is 0 Å². The third-order valence-corrected chi connectivity index (χ3v) is 2.98. The Morgan fingerprint density at radius 2 is 2.13 bits per heavy atom. The second kappa shape index (κ2) is 4.77. The summed E-state index contributed by atoms with van der Waals surface area (Å²) < 4.78 is 5.86. The van der Waals surface area contributed by atoms with Crippen LogP contribution in [0.25, 0.3) is 0 Å². The highest BCUT2D eigenvalue weighted by Gasteiger charge is 2.23. The molecule has 0 saturated heterocycles. The molecule has 0 amide bonds. The molecular formula is C13H19NO. The first kappa shape index (κ1) is 10.7. The van der Waals surface area contributed by atoms with Crippen LogP contribution in [0.4, 0.5) is 0 Å². The standard InChI is InChI=1S/C13H19NO/c1-10-4-2-3-5-12(10)13(8-14)15-9-11-6-7-11/h2-5,11,13H,6-9,14H2,1H3. The minimum absolute atomic E-state index is 0.0757. The van der Waals surface area contributed by atoms with Crippen molar-refractivity contribution in [2.75, 3.05) is 13.2 Å². The molecule has 0 bridgehead atoms. The second-order valence-corrected chi connectivity index (χ2v) is 4.36. The molecule has 1 fully saturated rings. The summed E-state index contributed by atoms with van der Waals surface area (Å²) in [5.74, 6) is 0.795. The first-order chi connectivity index (χ1) is 7.31. The average molecular weight is 205 g/mol. The van der Waals surface area contributed by atoms with Crippen molar-refractivity contribution < 1.29 is 4.74 Å². The fourth-order valence-corrected chi connectivity index (χ4v) is 1.77. The van der Waals surface area contributed by atoms with Crippen LogP contribution in [-0.2, 0) is 4.74 Å². The van der Waals surface area contributed by atoms with Crippen molar-refractivity contribution in [3.05, 3.63) is 35.4 Å². The zero-order valence-electron chi connectivity index (χ0n) is 9.28. The number of ether oxygens (including phenoxy) is 1. The zero-order valence-corrected chi connectivity index (χ0v) is 9.28. The minimum atomic E-state index is 0.0757. The van der Waals surface area contributed by atoms with Crippen LogP contribution in [0.2, 0.25) is 0 Å². The highest BCUT2D eigenvalue weighted by Crippen LogP contribution is 2.31. The molecule has 0 aromatic heterocycles. The maximum Gasteiger partial charge on any atom is 0.0949 e. The number of hydrogen-bond acceptors (Lipinski definition) is 2. The Bertz CT molecular complexity index is 320. The van der Waals surface area contributed by atoms with Crippen molar-refractivity contribution in [3.8, 4) is 0 Å². The third kappa shape index (κ3) is 2.80. The summed E-state index contributed by atoms with van der Waals surface area (Å²) >= 11 is 0. The molecule has 1 aliphatic rings. The van der Waals surface area contributed by atoms with Gasteiger partial charge in [-0.15, -0.1) is 0 Å². The Morgan fingerprint density at radius 3 is 2.73 bits per heavy atom. The fraction of sp³-hybridized carbons (Fsp3) is 0.538. The number of rotatable bonds is 5. The summed E-state index contributed by atoms with van der Waals surface area (Å²) in [6, 6.07) is 8.32. The van der Waals surface area contributed by atoms with Crippen LogP contribution in [0, 0.1) is 12.8 Å². The lowest BCUT2D eigenvalue weighted by Gasteiger charge is -2.18. The van der Waals surface area contributed by atoms with Crippen LogP contribution in [0.5, 0.6) is 0 Å². The Hall–Kier alpha value is -0.860. The van der Waals surface area contributed by atoms with E-state index < -0.39 is 0 Å². The van der Waals surface area contributed by atoms with Crippen molar-refractivity contribution >= 4 is 0 Å². The third-order valence-electron chi connectivity index (χ3n) is 2.98. The van der Waals surface area contributed by atoms with Crippen LogP contribution in [0.3, 0.4) is 0 Å². The second-order valence-electron chi connectivity index (χ2n) is 4.36. The lowest BCUT2D eigenvalue weighted by Crippen LogP contribution is -2.17. The largest absolute Gasteiger partial charge is 0.372 e. The predicted molar refractivity (Wildman–Crippen MR) is 61.7 cm³/mol. The molecule has 1 unspecified atom stereocenters. The van der Waals surface area contributed by atoms with E-state index in [-0.39, 0.29) is 6.10 Å². The summed E-state index contributed by atoms with van der Waals surface area (Å²) in [5, 5.41) is 0. The molecule has 2 rings (SSSR count). The van der Waals surface area contributed by atoms with E-state index in [9.17, 15) is 0 Å². The fourth-order valence-electron chi connectivity index (χ4n) is 1.77. The molecule has 1 aromatic rings. The highest BCUT2D eigenvalue weighted by atomic mass is 16.5. The summed E-state index contributed by atoms with van der Waals surface area (Å²) in [7, 11) is 0. The van der Waals surface area contributed by atoms with Gasteiger partial charge in [-0.1, -0.05) is 24.3 Å². The molecular weight excluding hydrogens is 186 g/mol. The van der Waals surface area contributed by atoms with E-state index in [1.54, 1.807) is 0 Å². The smallest absolute Gasteiger partial charge is 0.0949 e. The minimum Gasteiger partial charge on any atom is -0.372 e. The van der Waals surface area contributed by atoms with Crippen molar-refractivity contribution in [2.24, 2.45) is 11.7 Å². The molecule has 1 atom stereocenters. The van der Waals surface area contributed by atoms with Gasteiger partial charge >= 0.3 is 0 Å². The Kier molecular flexibility index (Phi) is 3.39. The van der Waals surface area contributed by atoms with Gasteiger partial charge in [0.05, 0.1) is 12.7 Å². The number of hydrogen-bond donors (Lipinski definition) is 1. The van der Waals surface area contributed by atoms with Crippen LogP contribution >= 0.6 is 0 Å². The van der Waals surface area contributed by atoms with E-state index in [0.717, 1.165) is 12.5 Å². The molecule has 0 aliphatic heterocycles. The first-order valence-electron chi connectivity index (χ1n) is 5.68. The van der Waals surface area contributed by atoms with Gasteiger partial charge in [0.15, 0.2) is 0 Å². The molecule has 0 radical (unpaired) electrons. The van der Waals surface area contributed by atoms with Gasteiger partial charge in [-0.3, -0.25) is 0 Å². The van der Waals surface area contributed by atoms with Gasteiger partial charge in [-0.25, -0.2) is 0 Å². The Labute approximate surface area is 91.4 Å². The highest BCUT2D eigenvalue weighted by molar-refractivity contribution is 5.28. The Morgan fingerprint density at radius 1 is 1.40 bits per heavy atom. The van der Waals surface area contributed by atoms with Gasteiger partial charge in [0.2, 0.25) is 0 Å². The first-order valence-corrected chi connectivity index (χ1v) is 5.68. The lowest BCUT2D eigenvalue weighted by atomic mass is 10.0. The quantitative estimate of drug-likeness (QED) is 0.801. The van der Waals surface area contributed by atoms with Gasteiger partial charge in [0.25, 0.3) is 0 Å². The maximum absolute atomic E-state index is 5.86. The topological polar surface area (TPSA) is 35.2 Å². The normalized spacial score (nSPS) is 17.7. The molecule has 0 heterocycles. The van der Waals surface area contributed by atoms with Gasteiger partial charge in [-0.05, 0) is 36.8 Å². The van der Waals surface area contributed by atoms with Crippen LogP contribution in [0.1, 0.15) is 30.1 Å². The zero-order chi connectivity index (χ0) is 10.7. The number of aryl methyl sites for hydroxylation is 1. The van der Waals surface area contributed by atoms with Gasteiger partial charge < -0.3 is 10.5 Å². The predicted octanol–water partition coefficient (Wildman–Crippen LogP) is 2.42. The molecule has 15 heavy (non-hydrogen) atoms. The molecule has 2 N–H and O–H groups in total. The van der Waals surface area contributed by atoms with Gasteiger partial charge in [-0.2, -0.15) is 0 Å². The van der Waals surface area contributed by atoms with E-state index in [1.165, 1.54) is 24.0 Å². The van der Waals surface area contributed by atoms with E-state index in [2.05, 4.69) is 19.1 Å². The number of benzene rings is 1. The van der Waals surface area contributed by atoms with Crippen molar-refractivity contribution in [1.29, 1.82) is 0 Å². The van der Waals surface area contributed by atoms with E-state index in [1.807, 2.05) is 12.1 Å². The van der Waals surface area contributed by atoms with Crippen molar-refractivity contribution in [3.63, 3.8) is 0 Å². The molecule has 1 aliphatic carbocycles. The van der Waals surface area contributed by atoms with Crippen molar-refractivity contribution in [2.45, 2.75) is 25.9 Å². The lowest BCUT2D eigenvalue weighted by molar-refractivity contribution is 0.0507. The van der Waals surface area contributed by atoms with E-state index >= 15 is 0 Å². The van der Waals surface area contributed by atoms with Crippen LogP contribution < -0.4 is 5.73 Å². The van der Waals surface area contributed by atoms with Crippen LogP contribution in [-0.4, -0.2) is 13.2 Å². The molecule has 0 spiro atoms. The molecule has 2 nitrogen and oxygen atoms in total. The Balaban J connectivity index is 2.00.